The van der Waals surface area contributed by atoms with Crippen LogP contribution in [0.4, 0.5) is 4.79 Å². The number of benzene rings is 1. The van der Waals surface area contributed by atoms with Gasteiger partial charge >= 0.3 is 6.09 Å². The van der Waals surface area contributed by atoms with Crippen molar-refractivity contribution < 1.29 is 19.1 Å². The third-order valence-corrected chi connectivity index (χ3v) is 3.33. The summed E-state index contributed by atoms with van der Waals surface area (Å²) in [5.41, 5.74) is 6.98. The van der Waals surface area contributed by atoms with Crippen LogP contribution in [0.3, 0.4) is 0 Å². The molecule has 2 rings (SSSR count). The first-order chi connectivity index (χ1) is 12.3. The van der Waals surface area contributed by atoms with Gasteiger partial charge in [-0.05, 0) is 66.5 Å². The zero-order chi connectivity index (χ0) is 20.8. The summed E-state index contributed by atoms with van der Waals surface area (Å²) in [5, 5.41) is 1.05. The van der Waals surface area contributed by atoms with Crippen molar-refractivity contribution >= 4 is 23.5 Å². The predicted molar refractivity (Wildman–Crippen MR) is 108 cm³/mol. The summed E-state index contributed by atoms with van der Waals surface area (Å²) in [6.07, 6.45) is 2.21. The van der Waals surface area contributed by atoms with E-state index in [1.807, 2.05) is 78.9 Å². The lowest BCUT2D eigenvalue weighted by Crippen LogP contribution is -2.26. The molecule has 1 aromatic carbocycles. The van der Waals surface area contributed by atoms with Gasteiger partial charge < -0.3 is 15.2 Å². The molecule has 1 atom stereocenters. The largest absolute Gasteiger partial charge is 0.462 e. The molecule has 0 saturated carbocycles. The Morgan fingerprint density at radius 1 is 1.15 bits per heavy atom. The lowest BCUT2D eigenvalue weighted by Gasteiger charge is -2.19. The molecule has 150 valence electrons. The summed E-state index contributed by atoms with van der Waals surface area (Å²) in [7, 11) is 0. The molecule has 1 heterocycles. The van der Waals surface area contributed by atoms with E-state index in [0.29, 0.717) is 6.47 Å². The van der Waals surface area contributed by atoms with Crippen LogP contribution in [0.25, 0.3) is 10.9 Å². The number of nitrogens with two attached hydrogens (primary N) is 1. The molecule has 6 heteroatoms. The van der Waals surface area contributed by atoms with E-state index in [-0.39, 0.29) is 17.7 Å². The van der Waals surface area contributed by atoms with Crippen molar-refractivity contribution in [1.82, 2.24) is 4.57 Å². The van der Waals surface area contributed by atoms with Crippen LogP contribution in [0.5, 0.6) is 0 Å². The van der Waals surface area contributed by atoms with Gasteiger partial charge in [-0.3, -0.25) is 9.36 Å². The third-order valence-electron chi connectivity index (χ3n) is 3.33. The second-order valence-corrected chi connectivity index (χ2v) is 8.53. The molecule has 2 aromatic rings. The summed E-state index contributed by atoms with van der Waals surface area (Å²) in [4.78, 5) is 21.9. The average Bonchev–Trinajstić information content (AvgIpc) is 2.83. The van der Waals surface area contributed by atoms with Gasteiger partial charge in [-0.15, -0.1) is 0 Å². The van der Waals surface area contributed by atoms with Gasteiger partial charge in [0.2, 0.25) is 0 Å². The fourth-order valence-electron chi connectivity index (χ4n) is 2.37. The maximum Gasteiger partial charge on any atom is 0.419 e. The second kappa shape index (κ2) is 9.04. The van der Waals surface area contributed by atoms with Crippen molar-refractivity contribution in [3.05, 3.63) is 36.0 Å². The topological polar surface area (TPSA) is 83.5 Å². The highest BCUT2D eigenvalue weighted by atomic mass is 16.6. The van der Waals surface area contributed by atoms with Crippen LogP contribution in [-0.4, -0.2) is 34.4 Å². The predicted octanol–water partition coefficient (Wildman–Crippen LogP) is 4.27. The lowest BCUT2D eigenvalue weighted by atomic mass is 10.1. The third kappa shape index (κ3) is 7.83. The van der Waals surface area contributed by atoms with Crippen LogP contribution in [-0.2, 0) is 20.7 Å². The highest BCUT2D eigenvalue weighted by Gasteiger charge is 2.20. The molecule has 0 radical (unpaired) electrons. The van der Waals surface area contributed by atoms with Crippen molar-refractivity contribution in [1.29, 1.82) is 0 Å². The number of fused-ring (bicyclic) bond motifs is 1. The summed E-state index contributed by atoms with van der Waals surface area (Å²) in [5.74, 6) is 0. The molecule has 0 amide bonds. The van der Waals surface area contributed by atoms with Crippen molar-refractivity contribution in [2.45, 2.75) is 72.1 Å². The Balaban J connectivity index is 0.000000445. The highest BCUT2D eigenvalue weighted by molar-refractivity contribution is 5.92. The summed E-state index contributed by atoms with van der Waals surface area (Å²) < 4.78 is 11.6. The molecular weight excluding hydrogens is 344 g/mol. The minimum Gasteiger partial charge on any atom is -0.462 e. The number of para-hydroxylation sites is 1. The van der Waals surface area contributed by atoms with Crippen LogP contribution in [0.1, 0.15) is 54.0 Å². The maximum atomic E-state index is 12.3. The second-order valence-electron chi connectivity index (χ2n) is 8.53. The summed E-state index contributed by atoms with van der Waals surface area (Å²) in [6.45, 7) is 13.5. The Morgan fingerprint density at radius 3 is 2.19 bits per heavy atom. The van der Waals surface area contributed by atoms with Gasteiger partial charge in [0.1, 0.15) is 11.2 Å². The molecule has 0 bridgehead atoms. The molecule has 2 N–H and O–H groups in total. The Kier molecular flexibility index (Phi) is 7.60. The highest BCUT2D eigenvalue weighted by Crippen LogP contribution is 2.23. The number of rotatable bonds is 3. The van der Waals surface area contributed by atoms with Crippen molar-refractivity contribution in [3.63, 3.8) is 0 Å². The molecule has 0 aliphatic heterocycles. The Hall–Kier alpha value is -2.34. The first-order valence-electron chi connectivity index (χ1n) is 9.03. The Bertz CT molecular complexity index is 765. The number of carbonyl (C=O) groups excluding carboxylic acids is 2. The number of carbonyl (C=O) groups is 2. The fourth-order valence-corrected chi connectivity index (χ4v) is 2.37. The van der Waals surface area contributed by atoms with E-state index in [4.69, 9.17) is 10.5 Å². The van der Waals surface area contributed by atoms with Gasteiger partial charge in [0.15, 0.2) is 0 Å². The van der Waals surface area contributed by atoms with E-state index in [1.165, 1.54) is 0 Å². The van der Waals surface area contributed by atoms with Gasteiger partial charge in [-0.2, -0.15) is 0 Å². The average molecular weight is 376 g/mol. The quantitative estimate of drug-likeness (QED) is 0.809. The molecule has 0 fully saturated rings. The number of ether oxygens (including phenoxy) is 2. The van der Waals surface area contributed by atoms with Gasteiger partial charge in [-0.25, -0.2) is 4.79 Å². The minimum absolute atomic E-state index is 0.0490. The van der Waals surface area contributed by atoms with Crippen molar-refractivity contribution in [3.8, 4) is 0 Å². The minimum atomic E-state index is -0.510. The molecule has 0 spiro atoms. The molecule has 1 aromatic heterocycles. The van der Waals surface area contributed by atoms with Crippen molar-refractivity contribution in [2.24, 2.45) is 5.73 Å². The van der Waals surface area contributed by atoms with Crippen LogP contribution in [0.2, 0.25) is 0 Å². The zero-order valence-electron chi connectivity index (χ0n) is 17.4. The van der Waals surface area contributed by atoms with Gasteiger partial charge in [-0.1, -0.05) is 18.2 Å². The van der Waals surface area contributed by atoms with Gasteiger partial charge in [0, 0.05) is 17.6 Å². The standard InChI is InChI=1S/C16H22N2O2.C5H10O2/c1-11(17)9-12-10-18(15(19)20-16(2,3)4)14-8-6-5-7-13(12)14;1-5(2,3)7-4-6/h5-8,10-11H,9,17H2,1-4H3;4H,1-3H3. The monoisotopic (exact) mass is 376 g/mol. The van der Waals surface area contributed by atoms with E-state index < -0.39 is 5.60 Å². The van der Waals surface area contributed by atoms with Crippen LogP contribution >= 0.6 is 0 Å². The fraction of sp³-hybridized carbons (Fsp3) is 0.524. The van der Waals surface area contributed by atoms with E-state index in [1.54, 1.807) is 4.57 Å². The first kappa shape index (κ1) is 22.7. The van der Waals surface area contributed by atoms with Gasteiger partial charge in [0.05, 0.1) is 5.52 Å². The zero-order valence-corrected chi connectivity index (χ0v) is 17.4. The van der Waals surface area contributed by atoms with E-state index in [2.05, 4.69) is 4.74 Å². The molecule has 0 aliphatic rings. The molecule has 27 heavy (non-hydrogen) atoms. The maximum absolute atomic E-state index is 12.3. The van der Waals surface area contributed by atoms with Crippen LogP contribution in [0, 0.1) is 0 Å². The smallest absolute Gasteiger partial charge is 0.419 e. The number of hydrogen-bond donors (Lipinski definition) is 1. The lowest BCUT2D eigenvalue weighted by molar-refractivity contribution is -0.138. The summed E-state index contributed by atoms with van der Waals surface area (Å²) >= 11 is 0. The molecule has 6 nitrogen and oxygen atoms in total. The van der Waals surface area contributed by atoms with Crippen LogP contribution in [0.15, 0.2) is 30.5 Å². The van der Waals surface area contributed by atoms with E-state index >= 15 is 0 Å². The van der Waals surface area contributed by atoms with Crippen LogP contribution < -0.4 is 5.73 Å². The van der Waals surface area contributed by atoms with E-state index in [0.717, 1.165) is 22.9 Å². The van der Waals surface area contributed by atoms with Crippen molar-refractivity contribution in [2.75, 3.05) is 0 Å². The Labute approximate surface area is 161 Å². The molecular formula is C21H32N2O4. The normalized spacial score (nSPS) is 12.7. The number of aromatic nitrogens is 1. The first-order valence-corrected chi connectivity index (χ1v) is 9.03. The molecule has 1 unspecified atom stereocenters. The Morgan fingerprint density at radius 2 is 1.74 bits per heavy atom. The summed E-state index contributed by atoms with van der Waals surface area (Å²) in [6, 6.07) is 7.86. The van der Waals surface area contributed by atoms with Gasteiger partial charge in [0.25, 0.3) is 6.47 Å². The SMILES string of the molecule is CC(C)(C)OC=O.CC(N)Cc1cn(C(=O)OC(C)(C)C)c2ccccc12. The molecule has 0 saturated heterocycles. The molecule has 0 aliphatic carbocycles. The van der Waals surface area contributed by atoms with E-state index in [9.17, 15) is 9.59 Å². The number of hydrogen-bond acceptors (Lipinski definition) is 5. The number of nitrogens with zero attached hydrogens (tertiary/aromatic N) is 1.